The summed E-state index contributed by atoms with van der Waals surface area (Å²) in [5.41, 5.74) is 4.48. The number of aryl methyl sites for hydroxylation is 3. The summed E-state index contributed by atoms with van der Waals surface area (Å²) in [6, 6.07) is 8.86. The summed E-state index contributed by atoms with van der Waals surface area (Å²) in [6.07, 6.45) is 2.98. The number of nitrogens with one attached hydrogen (secondary N) is 1. The molecule has 166 valence electrons. The molecule has 1 saturated heterocycles. The van der Waals surface area contributed by atoms with Crippen LogP contribution in [-0.4, -0.2) is 52.0 Å². The monoisotopic (exact) mass is 444 g/mol. The first kappa shape index (κ1) is 23.0. The number of hydrogen-bond acceptors (Lipinski definition) is 5. The van der Waals surface area contributed by atoms with Gasteiger partial charge in [-0.25, -0.2) is 8.42 Å². The molecule has 0 atom stereocenters. The molecule has 0 aliphatic carbocycles. The lowest BCUT2D eigenvalue weighted by molar-refractivity contribution is -0.111. The molecule has 31 heavy (non-hydrogen) atoms. The van der Waals surface area contributed by atoms with Gasteiger partial charge in [-0.15, -0.1) is 0 Å². The van der Waals surface area contributed by atoms with Crippen LogP contribution >= 0.6 is 0 Å². The Hall–Kier alpha value is -2.68. The highest BCUT2D eigenvalue weighted by molar-refractivity contribution is 7.89. The number of ether oxygens (including phenoxy) is 2. The van der Waals surface area contributed by atoms with Crippen LogP contribution in [0.4, 0.5) is 5.69 Å². The van der Waals surface area contributed by atoms with Gasteiger partial charge in [0.25, 0.3) is 0 Å². The molecular formula is C23H28N2O5S. The molecule has 0 radical (unpaired) electrons. The molecule has 1 aliphatic heterocycles. The standard InChI is InChI=1S/C23H28N2O5S/c1-16-13-17(2)23(18(3)14-16)24-22(26)8-6-19-5-7-20(29-4)21(15-19)31(27,28)25-9-11-30-12-10-25/h5-8,13-15H,9-12H2,1-4H3,(H,24,26)/b8-6+. The van der Waals surface area contributed by atoms with Gasteiger partial charge in [-0.05, 0) is 55.7 Å². The van der Waals surface area contributed by atoms with Crippen molar-refractivity contribution in [3.63, 3.8) is 0 Å². The molecule has 1 fully saturated rings. The summed E-state index contributed by atoms with van der Waals surface area (Å²) in [5, 5.41) is 2.90. The van der Waals surface area contributed by atoms with Crippen LogP contribution in [0, 0.1) is 20.8 Å². The molecule has 0 saturated carbocycles. The van der Waals surface area contributed by atoms with Crippen molar-refractivity contribution in [3.05, 3.63) is 58.7 Å². The van der Waals surface area contributed by atoms with Crippen LogP contribution in [0.2, 0.25) is 0 Å². The molecule has 3 rings (SSSR count). The molecular weight excluding hydrogens is 416 g/mol. The number of benzene rings is 2. The number of carbonyl (C=O) groups is 1. The average Bonchev–Trinajstić information content (AvgIpc) is 2.75. The second-order valence-corrected chi connectivity index (χ2v) is 9.43. The molecule has 1 N–H and O–H groups in total. The van der Waals surface area contributed by atoms with Crippen LogP contribution in [-0.2, 0) is 19.6 Å². The van der Waals surface area contributed by atoms with Crippen molar-refractivity contribution in [1.82, 2.24) is 4.31 Å². The van der Waals surface area contributed by atoms with Crippen molar-refractivity contribution in [3.8, 4) is 5.75 Å². The summed E-state index contributed by atoms with van der Waals surface area (Å²) in [7, 11) is -2.30. The number of hydrogen-bond donors (Lipinski definition) is 1. The van der Waals surface area contributed by atoms with E-state index in [9.17, 15) is 13.2 Å². The van der Waals surface area contributed by atoms with E-state index < -0.39 is 10.0 Å². The first-order valence-electron chi connectivity index (χ1n) is 10.0. The number of nitrogens with zero attached hydrogens (tertiary/aromatic N) is 1. The van der Waals surface area contributed by atoms with Gasteiger partial charge in [-0.2, -0.15) is 4.31 Å². The number of carbonyl (C=O) groups excluding carboxylic acids is 1. The third kappa shape index (κ3) is 5.33. The third-order valence-electron chi connectivity index (χ3n) is 5.13. The van der Waals surface area contributed by atoms with Gasteiger partial charge in [0.05, 0.1) is 20.3 Å². The first-order chi connectivity index (χ1) is 14.7. The predicted molar refractivity (Wildman–Crippen MR) is 121 cm³/mol. The Balaban J connectivity index is 1.83. The highest BCUT2D eigenvalue weighted by atomic mass is 32.2. The first-order valence-corrected chi connectivity index (χ1v) is 11.5. The minimum Gasteiger partial charge on any atom is -0.495 e. The largest absolute Gasteiger partial charge is 0.495 e. The molecule has 0 aromatic heterocycles. The molecule has 0 unspecified atom stereocenters. The smallest absolute Gasteiger partial charge is 0.248 e. The van der Waals surface area contributed by atoms with E-state index in [2.05, 4.69) is 5.32 Å². The van der Waals surface area contributed by atoms with Crippen LogP contribution in [0.1, 0.15) is 22.3 Å². The van der Waals surface area contributed by atoms with Gasteiger partial charge in [0.15, 0.2) is 0 Å². The second kappa shape index (κ2) is 9.64. The lowest BCUT2D eigenvalue weighted by atomic mass is 10.1. The highest BCUT2D eigenvalue weighted by Crippen LogP contribution is 2.29. The van der Waals surface area contributed by atoms with Crippen LogP contribution in [0.15, 0.2) is 41.3 Å². The fraction of sp³-hybridized carbons (Fsp3) is 0.348. The van der Waals surface area contributed by atoms with E-state index in [1.54, 1.807) is 18.2 Å². The van der Waals surface area contributed by atoms with E-state index in [1.165, 1.54) is 23.6 Å². The Bertz CT molecular complexity index is 1080. The quantitative estimate of drug-likeness (QED) is 0.691. The molecule has 2 aromatic carbocycles. The maximum absolute atomic E-state index is 13.1. The summed E-state index contributed by atoms with van der Waals surface area (Å²) < 4.78 is 38.1. The van der Waals surface area contributed by atoms with Crippen LogP contribution in [0.25, 0.3) is 6.08 Å². The zero-order valence-electron chi connectivity index (χ0n) is 18.3. The van der Waals surface area contributed by atoms with E-state index in [-0.39, 0.29) is 16.6 Å². The van der Waals surface area contributed by atoms with Crippen molar-refractivity contribution in [1.29, 1.82) is 0 Å². The minimum atomic E-state index is -3.74. The van der Waals surface area contributed by atoms with E-state index in [1.807, 2.05) is 32.9 Å². The van der Waals surface area contributed by atoms with Crippen LogP contribution < -0.4 is 10.1 Å². The Kier molecular flexibility index (Phi) is 7.15. The van der Waals surface area contributed by atoms with Gasteiger partial charge >= 0.3 is 0 Å². The molecule has 0 spiro atoms. The van der Waals surface area contributed by atoms with Gasteiger partial charge in [0, 0.05) is 24.9 Å². The maximum atomic E-state index is 13.1. The number of rotatable bonds is 6. The molecule has 1 heterocycles. The third-order valence-corrected chi connectivity index (χ3v) is 7.05. The summed E-state index contributed by atoms with van der Waals surface area (Å²) >= 11 is 0. The molecule has 1 amide bonds. The minimum absolute atomic E-state index is 0.0738. The topological polar surface area (TPSA) is 84.9 Å². The Morgan fingerprint density at radius 1 is 1.10 bits per heavy atom. The van der Waals surface area contributed by atoms with Gasteiger partial charge in [-0.3, -0.25) is 4.79 Å². The van der Waals surface area contributed by atoms with Crippen molar-refractivity contribution >= 4 is 27.7 Å². The van der Waals surface area contributed by atoms with Crippen molar-refractivity contribution < 1.29 is 22.7 Å². The number of methoxy groups -OCH3 is 1. The fourth-order valence-corrected chi connectivity index (χ4v) is 5.24. The molecule has 2 aromatic rings. The zero-order chi connectivity index (χ0) is 22.6. The SMILES string of the molecule is COc1ccc(/C=C/C(=O)Nc2c(C)cc(C)cc2C)cc1S(=O)(=O)N1CCOCC1. The second-order valence-electron chi connectivity index (χ2n) is 7.52. The lowest BCUT2D eigenvalue weighted by Crippen LogP contribution is -2.40. The molecule has 1 aliphatic rings. The molecule has 7 nitrogen and oxygen atoms in total. The number of sulfonamides is 1. The maximum Gasteiger partial charge on any atom is 0.248 e. The van der Waals surface area contributed by atoms with E-state index in [4.69, 9.17) is 9.47 Å². The number of morpholine rings is 1. The summed E-state index contributed by atoms with van der Waals surface area (Å²) in [6.45, 7) is 7.22. The van der Waals surface area contributed by atoms with Crippen molar-refractivity contribution in [2.45, 2.75) is 25.7 Å². The van der Waals surface area contributed by atoms with Gasteiger partial charge < -0.3 is 14.8 Å². The van der Waals surface area contributed by atoms with Crippen LogP contribution in [0.5, 0.6) is 5.75 Å². The van der Waals surface area contributed by atoms with E-state index >= 15 is 0 Å². The van der Waals surface area contributed by atoms with E-state index in [0.29, 0.717) is 31.9 Å². The zero-order valence-corrected chi connectivity index (χ0v) is 19.1. The van der Waals surface area contributed by atoms with Crippen molar-refractivity contribution in [2.24, 2.45) is 0 Å². The lowest BCUT2D eigenvalue weighted by Gasteiger charge is -2.26. The highest BCUT2D eigenvalue weighted by Gasteiger charge is 2.29. The predicted octanol–water partition coefficient (Wildman–Crippen LogP) is 3.29. The normalized spacial score (nSPS) is 15.2. The Morgan fingerprint density at radius 2 is 1.74 bits per heavy atom. The van der Waals surface area contributed by atoms with Gasteiger partial charge in [0.1, 0.15) is 10.6 Å². The fourth-order valence-electron chi connectivity index (χ4n) is 3.64. The number of anilines is 1. The Labute approximate surface area is 183 Å². The number of amides is 1. The molecule has 8 heteroatoms. The van der Waals surface area contributed by atoms with Gasteiger partial charge in [0.2, 0.25) is 15.9 Å². The average molecular weight is 445 g/mol. The summed E-state index contributed by atoms with van der Waals surface area (Å²) in [5.74, 6) is -0.0255. The Morgan fingerprint density at radius 3 is 2.35 bits per heavy atom. The summed E-state index contributed by atoms with van der Waals surface area (Å²) in [4.78, 5) is 12.5. The molecule has 0 bridgehead atoms. The van der Waals surface area contributed by atoms with E-state index in [0.717, 1.165) is 22.4 Å². The van der Waals surface area contributed by atoms with Gasteiger partial charge in [-0.1, -0.05) is 23.8 Å². The van der Waals surface area contributed by atoms with Crippen molar-refractivity contribution in [2.75, 3.05) is 38.7 Å². The van der Waals surface area contributed by atoms with Crippen LogP contribution in [0.3, 0.4) is 0 Å².